The Kier molecular flexibility index (Phi) is 3.65. The van der Waals surface area contributed by atoms with Gasteiger partial charge in [-0.1, -0.05) is 32.4 Å². The number of carboxylic acid groups (broad SMARTS) is 1. The molecule has 8 atom stereocenters. The standard InChI is InChI=1S/C21H28O5/c1-11-8-15-14-5-4-12-9-13(22)6-7-19(12,2)17(14)16(23)10-20(15,3)21(11,26)18(24)25/h6-7,9,11,14-17,23,26H,4-5,8,10H2,1-3H3,(H,24,25)/t11-,14+,15+,16+,17-,19+,20+,21+/m1/s1. The van der Waals surface area contributed by atoms with Gasteiger partial charge in [0.15, 0.2) is 11.4 Å². The molecule has 0 unspecified atom stereocenters. The van der Waals surface area contributed by atoms with E-state index in [4.69, 9.17) is 0 Å². The van der Waals surface area contributed by atoms with Gasteiger partial charge in [-0.2, -0.15) is 0 Å². The van der Waals surface area contributed by atoms with Gasteiger partial charge < -0.3 is 15.3 Å². The molecule has 0 aromatic heterocycles. The molecule has 0 spiro atoms. The molecule has 26 heavy (non-hydrogen) atoms. The first-order chi connectivity index (χ1) is 12.1. The number of allylic oxidation sites excluding steroid dienone is 4. The van der Waals surface area contributed by atoms with Crippen molar-refractivity contribution in [3.8, 4) is 0 Å². The lowest BCUT2D eigenvalue weighted by molar-refractivity contribution is -0.197. The Morgan fingerprint density at radius 2 is 2.00 bits per heavy atom. The highest BCUT2D eigenvalue weighted by atomic mass is 16.4. The smallest absolute Gasteiger partial charge is 0.336 e. The van der Waals surface area contributed by atoms with E-state index in [1.54, 1.807) is 12.2 Å². The highest BCUT2D eigenvalue weighted by Crippen LogP contribution is 2.68. The van der Waals surface area contributed by atoms with Gasteiger partial charge in [0.1, 0.15) is 0 Å². The molecular weight excluding hydrogens is 332 g/mol. The molecule has 4 aliphatic carbocycles. The van der Waals surface area contributed by atoms with E-state index in [2.05, 4.69) is 6.92 Å². The third-order valence-electron chi connectivity index (χ3n) is 8.40. The number of hydrogen-bond acceptors (Lipinski definition) is 4. The predicted octanol–water partition coefficient (Wildman–Crippen LogP) is 2.33. The summed E-state index contributed by atoms with van der Waals surface area (Å²) in [6.07, 6.45) is 7.08. The van der Waals surface area contributed by atoms with E-state index in [9.17, 15) is 24.9 Å². The summed E-state index contributed by atoms with van der Waals surface area (Å²) in [5, 5.41) is 32.1. The number of aliphatic hydroxyl groups excluding tert-OH is 1. The number of carbonyl (C=O) groups excluding carboxylic acids is 1. The number of ketones is 1. The van der Waals surface area contributed by atoms with Crippen molar-refractivity contribution in [2.24, 2.45) is 34.5 Å². The minimum absolute atomic E-state index is 0.000744. The molecule has 3 fully saturated rings. The topological polar surface area (TPSA) is 94.8 Å². The summed E-state index contributed by atoms with van der Waals surface area (Å²) in [5.41, 5.74) is -1.94. The Morgan fingerprint density at radius 3 is 2.65 bits per heavy atom. The number of fused-ring (bicyclic) bond motifs is 5. The molecule has 0 bridgehead atoms. The maximum atomic E-state index is 12.0. The van der Waals surface area contributed by atoms with Crippen molar-refractivity contribution >= 4 is 11.8 Å². The van der Waals surface area contributed by atoms with Crippen LogP contribution in [0.2, 0.25) is 0 Å². The van der Waals surface area contributed by atoms with Gasteiger partial charge in [-0.3, -0.25) is 4.79 Å². The van der Waals surface area contributed by atoms with Crippen LogP contribution in [0.4, 0.5) is 0 Å². The average molecular weight is 360 g/mol. The molecular formula is C21H28O5. The van der Waals surface area contributed by atoms with E-state index >= 15 is 0 Å². The zero-order chi connectivity index (χ0) is 19.1. The van der Waals surface area contributed by atoms with Gasteiger partial charge in [-0.05, 0) is 55.6 Å². The largest absolute Gasteiger partial charge is 0.479 e. The summed E-state index contributed by atoms with van der Waals surface area (Å²) in [4.78, 5) is 23.8. The minimum atomic E-state index is -1.81. The number of aliphatic carboxylic acids is 1. The van der Waals surface area contributed by atoms with E-state index in [-0.39, 0.29) is 41.3 Å². The van der Waals surface area contributed by atoms with Gasteiger partial charge >= 0.3 is 5.97 Å². The Labute approximate surface area is 153 Å². The van der Waals surface area contributed by atoms with Crippen molar-refractivity contribution in [1.82, 2.24) is 0 Å². The van der Waals surface area contributed by atoms with Gasteiger partial charge in [0.05, 0.1) is 6.10 Å². The fourth-order valence-corrected chi connectivity index (χ4v) is 7.12. The summed E-state index contributed by atoms with van der Waals surface area (Å²) < 4.78 is 0. The van der Waals surface area contributed by atoms with Crippen molar-refractivity contribution in [3.05, 3.63) is 23.8 Å². The number of rotatable bonds is 1. The molecule has 3 saturated carbocycles. The van der Waals surface area contributed by atoms with Crippen LogP contribution in [0.5, 0.6) is 0 Å². The SMILES string of the molecule is C[C@@H]1C[C@H]2[C@@H]3CCC4=CC(=O)C=C[C@]4(C)[C@H]3[C@@H](O)C[C@]2(C)[C@@]1(O)C(=O)O. The van der Waals surface area contributed by atoms with Gasteiger partial charge in [0.2, 0.25) is 0 Å². The van der Waals surface area contributed by atoms with E-state index in [1.165, 1.54) is 0 Å². The van der Waals surface area contributed by atoms with Crippen LogP contribution in [-0.2, 0) is 9.59 Å². The summed E-state index contributed by atoms with van der Waals surface area (Å²) in [6, 6.07) is 0. The second-order valence-electron chi connectivity index (χ2n) is 9.42. The van der Waals surface area contributed by atoms with Gasteiger partial charge in [0, 0.05) is 16.7 Å². The summed E-state index contributed by atoms with van der Waals surface area (Å²) in [6.45, 7) is 5.75. The third kappa shape index (κ3) is 1.93. The molecule has 0 aromatic rings. The molecule has 0 amide bonds. The Morgan fingerprint density at radius 1 is 1.31 bits per heavy atom. The zero-order valence-corrected chi connectivity index (χ0v) is 15.6. The van der Waals surface area contributed by atoms with Crippen molar-refractivity contribution < 1.29 is 24.9 Å². The number of hydrogen-bond donors (Lipinski definition) is 3. The normalized spacial score (nSPS) is 52.7. The molecule has 0 saturated heterocycles. The van der Waals surface area contributed by atoms with E-state index in [1.807, 2.05) is 19.9 Å². The highest BCUT2D eigenvalue weighted by molar-refractivity contribution is 6.01. The Hall–Kier alpha value is -1.46. The Bertz CT molecular complexity index is 739. The van der Waals surface area contributed by atoms with Crippen molar-refractivity contribution in [2.45, 2.75) is 58.2 Å². The first-order valence-electron chi connectivity index (χ1n) is 9.64. The van der Waals surface area contributed by atoms with Crippen molar-refractivity contribution in [1.29, 1.82) is 0 Å². The Balaban J connectivity index is 1.79. The van der Waals surface area contributed by atoms with Crippen molar-refractivity contribution in [3.63, 3.8) is 0 Å². The number of carboxylic acids is 1. The van der Waals surface area contributed by atoms with Crippen molar-refractivity contribution in [2.75, 3.05) is 0 Å². The molecule has 3 N–H and O–H groups in total. The second kappa shape index (κ2) is 5.29. The zero-order valence-electron chi connectivity index (χ0n) is 15.6. The first-order valence-corrected chi connectivity index (χ1v) is 9.64. The molecule has 0 aromatic carbocycles. The number of carbonyl (C=O) groups is 2. The summed E-state index contributed by atoms with van der Waals surface area (Å²) in [5.74, 6) is -1.38. The third-order valence-corrected chi connectivity index (χ3v) is 8.40. The molecule has 5 heteroatoms. The van der Waals surface area contributed by atoms with Crippen LogP contribution in [0.1, 0.15) is 46.5 Å². The van der Waals surface area contributed by atoms with Crippen LogP contribution in [0, 0.1) is 34.5 Å². The lowest BCUT2D eigenvalue weighted by Gasteiger charge is -2.59. The summed E-state index contributed by atoms with van der Waals surface area (Å²) in [7, 11) is 0. The van der Waals surface area contributed by atoms with Crippen LogP contribution in [-0.4, -0.2) is 38.8 Å². The van der Waals surface area contributed by atoms with E-state index < -0.39 is 23.1 Å². The van der Waals surface area contributed by atoms with Crippen LogP contribution >= 0.6 is 0 Å². The molecule has 0 aliphatic heterocycles. The lowest BCUT2D eigenvalue weighted by atomic mass is 9.46. The van der Waals surface area contributed by atoms with Gasteiger partial charge in [-0.25, -0.2) is 4.79 Å². The van der Waals surface area contributed by atoms with Gasteiger partial charge in [-0.15, -0.1) is 0 Å². The quantitative estimate of drug-likeness (QED) is 0.667. The van der Waals surface area contributed by atoms with Crippen LogP contribution < -0.4 is 0 Å². The monoisotopic (exact) mass is 360 g/mol. The molecule has 4 aliphatic rings. The molecule has 142 valence electrons. The fraction of sp³-hybridized carbons (Fsp3) is 0.714. The maximum absolute atomic E-state index is 12.0. The number of aliphatic hydroxyl groups is 2. The predicted molar refractivity (Wildman–Crippen MR) is 95.1 cm³/mol. The first kappa shape index (κ1) is 17.9. The fourth-order valence-electron chi connectivity index (χ4n) is 7.12. The van der Waals surface area contributed by atoms with Crippen LogP contribution in [0.3, 0.4) is 0 Å². The maximum Gasteiger partial charge on any atom is 0.336 e. The highest BCUT2D eigenvalue weighted by Gasteiger charge is 2.71. The van der Waals surface area contributed by atoms with Crippen LogP contribution in [0.15, 0.2) is 23.8 Å². The van der Waals surface area contributed by atoms with Crippen LogP contribution in [0.25, 0.3) is 0 Å². The second-order valence-corrected chi connectivity index (χ2v) is 9.42. The summed E-state index contributed by atoms with van der Waals surface area (Å²) >= 11 is 0. The molecule has 0 heterocycles. The molecule has 0 radical (unpaired) electrons. The van der Waals surface area contributed by atoms with Gasteiger partial charge in [0.25, 0.3) is 0 Å². The van der Waals surface area contributed by atoms with E-state index in [0.717, 1.165) is 18.4 Å². The molecule has 5 nitrogen and oxygen atoms in total. The molecule has 4 rings (SSSR count). The minimum Gasteiger partial charge on any atom is -0.479 e. The lowest BCUT2D eigenvalue weighted by Crippen LogP contribution is -2.62. The average Bonchev–Trinajstić information content (AvgIpc) is 2.76. The van der Waals surface area contributed by atoms with E-state index in [0.29, 0.717) is 6.42 Å².